The summed E-state index contributed by atoms with van der Waals surface area (Å²) in [6, 6.07) is 0. The standard InChI is InChI=1S/C14H23N5OS/c1-16-14(12(15)20)7-6-10(9-14)21-13-18-17-11-5-3-2-4-8-19(11)13/h10,16H,2-9H2,1H3,(H2,15,20). The average molecular weight is 309 g/mol. The van der Waals surface area contributed by atoms with Gasteiger partial charge in [-0.25, -0.2) is 0 Å². The molecule has 2 unspecified atom stereocenters. The highest BCUT2D eigenvalue weighted by Gasteiger charge is 2.43. The van der Waals surface area contributed by atoms with Crippen LogP contribution in [0.3, 0.4) is 0 Å². The highest BCUT2D eigenvalue weighted by atomic mass is 32.2. The van der Waals surface area contributed by atoms with Gasteiger partial charge in [-0.15, -0.1) is 10.2 Å². The third-order valence-electron chi connectivity index (χ3n) is 4.77. The summed E-state index contributed by atoms with van der Waals surface area (Å²) >= 11 is 1.76. The second-order valence-electron chi connectivity index (χ2n) is 6.04. The highest BCUT2D eigenvalue weighted by molar-refractivity contribution is 7.99. The van der Waals surface area contributed by atoms with Gasteiger partial charge in [0.15, 0.2) is 5.16 Å². The molecule has 1 amide bonds. The summed E-state index contributed by atoms with van der Waals surface area (Å²) in [5.41, 5.74) is 5.02. The van der Waals surface area contributed by atoms with Crippen molar-refractivity contribution in [2.75, 3.05) is 7.05 Å². The van der Waals surface area contributed by atoms with Crippen molar-refractivity contribution < 1.29 is 4.79 Å². The Hall–Kier alpha value is -1.08. The first-order valence-corrected chi connectivity index (χ1v) is 8.60. The van der Waals surface area contributed by atoms with Crippen LogP contribution in [0.5, 0.6) is 0 Å². The molecule has 0 saturated heterocycles. The second-order valence-corrected chi connectivity index (χ2v) is 7.31. The molecule has 6 nitrogen and oxygen atoms in total. The molecule has 0 bridgehead atoms. The molecule has 2 heterocycles. The summed E-state index contributed by atoms with van der Waals surface area (Å²) in [7, 11) is 1.82. The van der Waals surface area contributed by atoms with Gasteiger partial charge in [0.1, 0.15) is 5.82 Å². The molecule has 21 heavy (non-hydrogen) atoms. The number of fused-ring (bicyclic) bond motifs is 1. The molecule has 2 aliphatic rings. The molecule has 3 N–H and O–H groups in total. The van der Waals surface area contributed by atoms with E-state index in [0.29, 0.717) is 5.25 Å². The number of aromatic nitrogens is 3. The van der Waals surface area contributed by atoms with E-state index in [9.17, 15) is 4.79 Å². The Labute approximate surface area is 129 Å². The molecule has 1 saturated carbocycles. The number of likely N-dealkylation sites (N-methyl/N-ethyl adjacent to an activating group) is 1. The van der Waals surface area contributed by atoms with Crippen LogP contribution in [-0.4, -0.2) is 38.5 Å². The molecule has 1 fully saturated rings. The van der Waals surface area contributed by atoms with Gasteiger partial charge in [0.05, 0.1) is 5.54 Å². The maximum absolute atomic E-state index is 11.7. The van der Waals surface area contributed by atoms with Crippen LogP contribution in [0.15, 0.2) is 5.16 Å². The third-order valence-corrected chi connectivity index (χ3v) is 6.02. The molecule has 1 aliphatic heterocycles. The number of hydrogen-bond donors (Lipinski definition) is 2. The van der Waals surface area contributed by atoms with Gasteiger partial charge in [0.2, 0.25) is 5.91 Å². The maximum Gasteiger partial charge on any atom is 0.237 e. The number of aryl methyl sites for hydroxylation is 1. The van der Waals surface area contributed by atoms with Crippen molar-refractivity contribution in [3.8, 4) is 0 Å². The zero-order valence-electron chi connectivity index (χ0n) is 12.5. The maximum atomic E-state index is 11.7. The van der Waals surface area contributed by atoms with E-state index in [1.54, 1.807) is 11.8 Å². The predicted octanol–water partition coefficient (Wildman–Crippen LogP) is 1.09. The zero-order chi connectivity index (χ0) is 14.9. The SMILES string of the molecule is CNC1(C(N)=O)CCC(Sc2nnc3n2CCCCC3)C1. The van der Waals surface area contributed by atoms with Crippen molar-refractivity contribution in [2.45, 2.75) is 67.4 Å². The molecular weight excluding hydrogens is 286 g/mol. The summed E-state index contributed by atoms with van der Waals surface area (Å²) < 4.78 is 2.27. The highest BCUT2D eigenvalue weighted by Crippen LogP contribution is 2.39. The topological polar surface area (TPSA) is 85.8 Å². The molecule has 116 valence electrons. The number of nitrogens with one attached hydrogen (secondary N) is 1. The lowest BCUT2D eigenvalue weighted by molar-refractivity contribution is -0.124. The van der Waals surface area contributed by atoms with Gasteiger partial charge in [0.25, 0.3) is 0 Å². The number of carbonyl (C=O) groups is 1. The molecule has 1 aromatic heterocycles. The molecule has 1 aliphatic carbocycles. The van der Waals surface area contributed by atoms with E-state index < -0.39 is 5.54 Å². The monoisotopic (exact) mass is 309 g/mol. The fraction of sp³-hybridized carbons (Fsp3) is 0.786. The quantitative estimate of drug-likeness (QED) is 0.869. The lowest BCUT2D eigenvalue weighted by Crippen LogP contribution is -2.52. The molecule has 1 aromatic rings. The summed E-state index contributed by atoms with van der Waals surface area (Å²) in [6.45, 7) is 1.02. The van der Waals surface area contributed by atoms with Crippen molar-refractivity contribution in [3.05, 3.63) is 5.82 Å². The van der Waals surface area contributed by atoms with Crippen molar-refractivity contribution in [1.82, 2.24) is 20.1 Å². The number of primary amides is 1. The van der Waals surface area contributed by atoms with Crippen LogP contribution in [0.4, 0.5) is 0 Å². The van der Waals surface area contributed by atoms with E-state index in [4.69, 9.17) is 5.73 Å². The summed E-state index contributed by atoms with van der Waals surface area (Å²) in [5.74, 6) is 0.871. The van der Waals surface area contributed by atoms with Gasteiger partial charge in [-0.2, -0.15) is 0 Å². The van der Waals surface area contributed by atoms with Crippen molar-refractivity contribution >= 4 is 17.7 Å². The fourth-order valence-electron chi connectivity index (χ4n) is 3.37. The van der Waals surface area contributed by atoms with Crippen molar-refractivity contribution in [1.29, 1.82) is 0 Å². The number of hydrogen-bond acceptors (Lipinski definition) is 5. The number of thioether (sulfide) groups is 1. The fourth-order valence-corrected chi connectivity index (χ4v) is 4.68. The largest absolute Gasteiger partial charge is 0.368 e. The van der Waals surface area contributed by atoms with Gasteiger partial charge < -0.3 is 15.6 Å². The van der Waals surface area contributed by atoms with Gasteiger partial charge in [0, 0.05) is 18.2 Å². The Bertz CT molecular complexity index is 531. The van der Waals surface area contributed by atoms with E-state index in [-0.39, 0.29) is 5.91 Å². The summed E-state index contributed by atoms with van der Waals surface area (Å²) in [4.78, 5) is 11.7. The molecular formula is C14H23N5OS. The third kappa shape index (κ3) is 2.81. The van der Waals surface area contributed by atoms with Crippen LogP contribution < -0.4 is 11.1 Å². The van der Waals surface area contributed by atoms with E-state index >= 15 is 0 Å². The van der Waals surface area contributed by atoms with E-state index in [1.807, 2.05) is 7.05 Å². The zero-order valence-corrected chi connectivity index (χ0v) is 13.3. The number of carbonyl (C=O) groups excluding carboxylic acids is 1. The Kier molecular flexibility index (Phi) is 4.21. The summed E-state index contributed by atoms with van der Waals surface area (Å²) in [5, 5.41) is 13.2. The van der Waals surface area contributed by atoms with Crippen LogP contribution in [-0.2, 0) is 17.8 Å². The van der Waals surface area contributed by atoms with Crippen LogP contribution in [0.25, 0.3) is 0 Å². The first-order valence-electron chi connectivity index (χ1n) is 7.72. The molecule has 7 heteroatoms. The minimum absolute atomic E-state index is 0.242. The van der Waals surface area contributed by atoms with E-state index in [2.05, 4.69) is 20.1 Å². The first kappa shape index (κ1) is 14.8. The lowest BCUT2D eigenvalue weighted by Gasteiger charge is -2.24. The van der Waals surface area contributed by atoms with Crippen molar-refractivity contribution in [3.63, 3.8) is 0 Å². The second kappa shape index (κ2) is 5.96. The van der Waals surface area contributed by atoms with Gasteiger partial charge in [-0.1, -0.05) is 18.2 Å². The van der Waals surface area contributed by atoms with E-state index in [0.717, 1.165) is 43.2 Å². The van der Waals surface area contributed by atoms with E-state index in [1.165, 1.54) is 19.3 Å². The number of amides is 1. The van der Waals surface area contributed by atoms with Gasteiger partial charge >= 0.3 is 0 Å². The number of rotatable bonds is 4. The molecule has 0 spiro atoms. The minimum Gasteiger partial charge on any atom is -0.368 e. The van der Waals surface area contributed by atoms with Crippen molar-refractivity contribution in [2.24, 2.45) is 5.73 Å². The average Bonchev–Trinajstić information content (AvgIpc) is 2.98. The Morgan fingerprint density at radius 1 is 1.43 bits per heavy atom. The van der Waals surface area contributed by atoms with Crippen LogP contribution in [0.2, 0.25) is 0 Å². The summed E-state index contributed by atoms with van der Waals surface area (Å²) in [6.07, 6.45) is 7.25. The Morgan fingerprint density at radius 2 is 2.29 bits per heavy atom. The van der Waals surface area contributed by atoms with Gasteiger partial charge in [-0.05, 0) is 39.2 Å². The minimum atomic E-state index is -0.542. The molecule has 0 aromatic carbocycles. The molecule has 0 radical (unpaired) electrons. The van der Waals surface area contributed by atoms with Gasteiger partial charge in [-0.3, -0.25) is 4.79 Å². The smallest absolute Gasteiger partial charge is 0.237 e. The van der Waals surface area contributed by atoms with Crippen LogP contribution in [0, 0.1) is 0 Å². The molecule has 2 atom stereocenters. The van der Waals surface area contributed by atoms with Crippen LogP contribution in [0.1, 0.15) is 44.3 Å². The Morgan fingerprint density at radius 3 is 3.00 bits per heavy atom. The van der Waals surface area contributed by atoms with Crippen LogP contribution >= 0.6 is 11.8 Å². The molecule has 3 rings (SSSR count). The predicted molar refractivity (Wildman–Crippen MR) is 82.1 cm³/mol. The lowest BCUT2D eigenvalue weighted by atomic mass is 9.97. The number of nitrogens with two attached hydrogens (primary N) is 1. The first-order chi connectivity index (χ1) is 10.1. The Balaban J connectivity index is 1.71. The normalized spacial score (nSPS) is 29.1. The number of nitrogens with zero attached hydrogens (tertiary/aromatic N) is 3.